The molecule has 13 heavy (non-hydrogen) atoms. The predicted molar refractivity (Wildman–Crippen MR) is 47.7 cm³/mol. The topological polar surface area (TPSA) is 25.2 Å². The van der Waals surface area contributed by atoms with Crippen LogP contribution in [0.25, 0.3) is 0 Å². The Balaban J connectivity index is 2.54. The molecule has 1 rings (SSSR count). The molecule has 0 saturated carbocycles. The van der Waals surface area contributed by atoms with Crippen molar-refractivity contribution in [2.75, 3.05) is 6.54 Å². The van der Waals surface area contributed by atoms with Crippen molar-refractivity contribution in [2.24, 2.45) is 4.99 Å². The summed E-state index contributed by atoms with van der Waals surface area (Å²) in [6, 6.07) is 3.23. The van der Waals surface area contributed by atoms with Gasteiger partial charge in [0.05, 0.1) is 6.54 Å². The van der Waals surface area contributed by atoms with E-state index in [-0.39, 0.29) is 0 Å². The van der Waals surface area contributed by atoms with Gasteiger partial charge in [-0.2, -0.15) is 0 Å². The first-order chi connectivity index (χ1) is 6.18. The number of rotatable bonds is 3. The van der Waals surface area contributed by atoms with Gasteiger partial charge in [-0.25, -0.2) is 13.8 Å². The van der Waals surface area contributed by atoms with Crippen LogP contribution in [-0.4, -0.2) is 24.2 Å². The summed E-state index contributed by atoms with van der Waals surface area (Å²) in [6.07, 6.45) is 0.406. The van der Waals surface area contributed by atoms with Gasteiger partial charge in [-0.15, -0.1) is 0 Å². The maximum atomic E-state index is 11.7. The molecule has 0 radical (unpaired) electrons. The van der Waals surface area contributed by atoms with Crippen LogP contribution in [0.5, 0.6) is 0 Å². The zero-order chi connectivity index (χ0) is 9.68. The summed E-state index contributed by atoms with van der Waals surface area (Å²) in [7, 11) is 0. The molecule has 2 nitrogen and oxygen atoms in total. The van der Waals surface area contributed by atoms with E-state index in [0.717, 1.165) is 0 Å². The molecule has 0 bridgehead atoms. The second-order valence-electron chi connectivity index (χ2n) is 2.30. The van der Waals surface area contributed by atoms with Crippen LogP contribution in [0, 0.1) is 0 Å². The average Bonchev–Trinajstić information content (AvgIpc) is 2.08. The van der Waals surface area contributed by atoms with Gasteiger partial charge in [-0.1, -0.05) is 11.6 Å². The minimum absolute atomic E-state index is 0.367. The maximum Gasteiger partial charge on any atom is 0.257 e. The molecule has 0 aliphatic rings. The van der Waals surface area contributed by atoms with Crippen LogP contribution in [0.3, 0.4) is 0 Å². The lowest BCUT2D eigenvalue weighted by atomic mass is 10.3. The van der Waals surface area contributed by atoms with Crippen molar-refractivity contribution >= 4 is 17.8 Å². The molecule has 1 heterocycles. The van der Waals surface area contributed by atoms with Crippen LogP contribution in [0.15, 0.2) is 23.3 Å². The average molecular weight is 205 g/mol. The van der Waals surface area contributed by atoms with E-state index in [1.54, 1.807) is 12.1 Å². The number of pyridine rings is 1. The first-order valence-electron chi connectivity index (χ1n) is 3.58. The van der Waals surface area contributed by atoms with Crippen molar-refractivity contribution in [1.82, 2.24) is 4.98 Å². The van der Waals surface area contributed by atoms with Crippen LogP contribution in [0.2, 0.25) is 5.15 Å². The molecule has 0 N–H and O–H groups in total. The number of hydrogen-bond acceptors (Lipinski definition) is 2. The number of nitrogens with zero attached hydrogens (tertiary/aromatic N) is 2. The molecule has 0 unspecified atom stereocenters. The van der Waals surface area contributed by atoms with Gasteiger partial charge in [-0.3, -0.25) is 4.99 Å². The van der Waals surface area contributed by atoms with E-state index in [1.165, 1.54) is 12.4 Å². The van der Waals surface area contributed by atoms with Crippen molar-refractivity contribution in [1.29, 1.82) is 0 Å². The molecular formula is C8H7ClF2N2. The molecule has 70 valence electrons. The van der Waals surface area contributed by atoms with Gasteiger partial charge >= 0.3 is 0 Å². The van der Waals surface area contributed by atoms with Crippen LogP contribution >= 0.6 is 11.6 Å². The van der Waals surface area contributed by atoms with Gasteiger partial charge in [0.1, 0.15) is 5.15 Å². The Morgan fingerprint density at radius 2 is 2.31 bits per heavy atom. The Labute approximate surface area is 79.3 Å². The number of halogens is 3. The summed E-state index contributed by atoms with van der Waals surface area (Å²) >= 11 is 5.52. The maximum absolute atomic E-state index is 11.7. The molecule has 0 spiro atoms. The number of aromatic nitrogens is 1. The highest BCUT2D eigenvalue weighted by molar-refractivity contribution is 6.29. The highest BCUT2D eigenvalue weighted by Gasteiger charge is 1.97. The third kappa shape index (κ3) is 3.94. The Kier molecular flexibility index (Phi) is 3.76. The van der Waals surface area contributed by atoms with Crippen LogP contribution in [0.4, 0.5) is 8.78 Å². The summed E-state index contributed by atoms with van der Waals surface area (Å²) in [4.78, 5) is 7.28. The fraction of sp³-hybridized carbons (Fsp3) is 0.250. The van der Waals surface area contributed by atoms with Gasteiger partial charge < -0.3 is 0 Å². The van der Waals surface area contributed by atoms with E-state index in [0.29, 0.717) is 10.7 Å². The number of hydrogen-bond donors (Lipinski definition) is 0. The van der Waals surface area contributed by atoms with Crippen molar-refractivity contribution in [3.63, 3.8) is 0 Å². The third-order valence-corrected chi connectivity index (χ3v) is 1.46. The van der Waals surface area contributed by atoms with Crippen LogP contribution < -0.4 is 0 Å². The molecule has 0 aromatic carbocycles. The monoisotopic (exact) mass is 204 g/mol. The predicted octanol–water partition coefficient (Wildman–Crippen LogP) is 2.42. The fourth-order valence-corrected chi connectivity index (χ4v) is 0.813. The Hall–Kier alpha value is -1.03. The zero-order valence-electron chi connectivity index (χ0n) is 6.62. The van der Waals surface area contributed by atoms with E-state index in [4.69, 9.17) is 11.6 Å². The lowest BCUT2D eigenvalue weighted by molar-refractivity contribution is 0.159. The SMILES string of the molecule is FC(F)C/N=C/c1ccc(Cl)nc1. The van der Waals surface area contributed by atoms with Crippen molar-refractivity contribution < 1.29 is 8.78 Å². The quantitative estimate of drug-likeness (QED) is 0.548. The minimum Gasteiger partial charge on any atom is -0.287 e. The molecule has 0 aliphatic carbocycles. The fourth-order valence-electron chi connectivity index (χ4n) is 0.701. The first kappa shape index (κ1) is 10.1. The molecule has 0 fully saturated rings. The van der Waals surface area contributed by atoms with E-state index in [1.807, 2.05) is 0 Å². The Morgan fingerprint density at radius 1 is 1.54 bits per heavy atom. The Bertz CT molecular complexity index is 285. The summed E-state index contributed by atoms with van der Waals surface area (Å²) in [6.45, 7) is -0.484. The van der Waals surface area contributed by atoms with E-state index < -0.39 is 13.0 Å². The molecule has 5 heteroatoms. The summed E-state index contributed by atoms with van der Waals surface area (Å²) < 4.78 is 23.3. The normalized spacial score (nSPS) is 11.4. The van der Waals surface area contributed by atoms with Gasteiger partial charge in [0.2, 0.25) is 0 Å². The molecule has 0 aliphatic heterocycles. The Morgan fingerprint density at radius 3 is 2.85 bits per heavy atom. The second kappa shape index (κ2) is 4.87. The lowest BCUT2D eigenvalue weighted by Crippen LogP contribution is -1.95. The van der Waals surface area contributed by atoms with Crippen molar-refractivity contribution in [3.8, 4) is 0 Å². The molecule has 0 saturated heterocycles. The molecular weight excluding hydrogens is 198 g/mol. The standard InChI is InChI=1S/C8H7ClF2N2/c9-7-2-1-6(4-13-7)3-12-5-8(10)11/h1-4,8H,5H2/b12-3+. The summed E-state index contributed by atoms with van der Waals surface area (Å²) in [5.74, 6) is 0. The minimum atomic E-state index is -2.41. The third-order valence-electron chi connectivity index (χ3n) is 1.23. The van der Waals surface area contributed by atoms with Crippen LogP contribution in [0.1, 0.15) is 5.56 Å². The zero-order valence-corrected chi connectivity index (χ0v) is 7.38. The molecule has 0 atom stereocenters. The van der Waals surface area contributed by atoms with Gasteiger partial charge in [0.15, 0.2) is 0 Å². The van der Waals surface area contributed by atoms with Gasteiger partial charge in [0, 0.05) is 18.0 Å². The van der Waals surface area contributed by atoms with E-state index in [9.17, 15) is 8.78 Å². The number of alkyl halides is 2. The molecule has 1 aromatic rings. The largest absolute Gasteiger partial charge is 0.287 e. The smallest absolute Gasteiger partial charge is 0.257 e. The molecule has 1 aromatic heterocycles. The second-order valence-corrected chi connectivity index (χ2v) is 2.69. The highest BCUT2D eigenvalue weighted by atomic mass is 35.5. The number of aliphatic imine (C=N–C) groups is 1. The van der Waals surface area contributed by atoms with Crippen molar-refractivity contribution in [3.05, 3.63) is 29.0 Å². The van der Waals surface area contributed by atoms with E-state index in [2.05, 4.69) is 9.98 Å². The van der Waals surface area contributed by atoms with Crippen molar-refractivity contribution in [2.45, 2.75) is 6.43 Å². The highest BCUT2D eigenvalue weighted by Crippen LogP contribution is 2.03. The lowest BCUT2D eigenvalue weighted by Gasteiger charge is -1.93. The van der Waals surface area contributed by atoms with E-state index >= 15 is 0 Å². The van der Waals surface area contributed by atoms with Gasteiger partial charge in [0.25, 0.3) is 6.43 Å². The molecule has 0 amide bonds. The van der Waals surface area contributed by atoms with Gasteiger partial charge in [-0.05, 0) is 12.1 Å². The summed E-state index contributed by atoms with van der Waals surface area (Å²) in [5, 5.41) is 0.367. The first-order valence-corrected chi connectivity index (χ1v) is 3.96. The summed E-state index contributed by atoms with van der Waals surface area (Å²) in [5.41, 5.74) is 0.657. The van der Waals surface area contributed by atoms with Crippen LogP contribution in [-0.2, 0) is 0 Å².